The molecular formula is C13H6Cl2F2O. The molecule has 0 heterocycles. The minimum absolute atomic E-state index is 0.0121. The van der Waals surface area contributed by atoms with Gasteiger partial charge in [0.05, 0.1) is 10.6 Å². The molecule has 0 fully saturated rings. The normalized spacial score (nSPS) is 10.4. The smallest absolute Gasteiger partial charge is 0.196 e. The van der Waals surface area contributed by atoms with Gasteiger partial charge in [0.1, 0.15) is 11.6 Å². The lowest BCUT2D eigenvalue weighted by molar-refractivity contribution is 0.103. The molecule has 1 nitrogen and oxygen atoms in total. The predicted octanol–water partition coefficient (Wildman–Crippen LogP) is 4.50. The third-order valence-electron chi connectivity index (χ3n) is 2.35. The number of carbonyl (C=O) groups is 1. The minimum Gasteiger partial charge on any atom is -0.288 e. The van der Waals surface area contributed by atoms with E-state index >= 15 is 0 Å². The van der Waals surface area contributed by atoms with E-state index in [0.717, 1.165) is 12.1 Å². The molecule has 0 bridgehead atoms. The summed E-state index contributed by atoms with van der Waals surface area (Å²) in [7, 11) is 0. The lowest BCUT2D eigenvalue weighted by atomic mass is 10.0. The number of hydrogen-bond donors (Lipinski definition) is 0. The van der Waals surface area contributed by atoms with Gasteiger partial charge in [-0.25, -0.2) is 8.78 Å². The van der Waals surface area contributed by atoms with Crippen molar-refractivity contribution in [1.29, 1.82) is 0 Å². The van der Waals surface area contributed by atoms with Crippen LogP contribution < -0.4 is 0 Å². The number of rotatable bonds is 2. The standard InChI is InChI=1S/C13H6Cl2F2O/c14-8-2-4-11(16)9(6-8)13(18)7-1-3-10(15)12(17)5-7/h1-6H. The van der Waals surface area contributed by atoms with Crippen LogP contribution in [0.3, 0.4) is 0 Å². The highest BCUT2D eigenvalue weighted by Crippen LogP contribution is 2.21. The first kappa shape index (κ1) is 13.0. The molecule has 0 amide bonds. The summed E-state index contributed by atoms with van der Waals surface area (Å²) in [5, 5.41) is 0.132. The average Bonchev–Trinajstić information content (AvgIpc) is 2.35. The molecule has 2 aromatic rings. The molecule has 0 spiro atoms. The van der Waals surface area contributed by atoms with Gasteiger partial charge in [0.15, 0.2) is 5.78 Å². The van der Waals surface area contributed by atoms with Crippen LogP contribution in [0, 0.1) is 11.6 Å². The first-order valence-corrected chi connectivity index (χ1v) is 5.69. The Balaban J connectivity index is 2.47. The SMILES string of the molecule is O=C(c1ccc(Cl)c(F)c1)c1cc(Cl)ccc1F. The van der Waals surface area contributed by atoms with E-state index in [4.69, 9.17) is 23.2 Å². The van der Waals surface area contributed by atoms with Crippen molar-refractivity contribution in [3.05, 3.63) is 69.2 Å². The summed E-state index contributed by atoms with van der Waals surface area (Å²) in [6.45, 7) is 0. The molecule has 0 aliphatic heterocycles. The average molecular weight is 287 g/mol. The van der Waals surface area contributed by atoms with E-state index in [9.17, 15) is 13.6 Å². The molecule has 0 radical (unpaired) electrons. The lowest BCUT2D eigenvalue weighted by Gasteiger charge is -2.04. The highest BCUT2D eigenvalue weighted by Gasteiger charge is 2.15. The molecule has 0 aromatic heterocycles. The van der Waals surface area contributed by atoms with Crippen LogP contribution in [0.4, 0.5) is 8.78 Å². The summed E-state index contributed by atoms with van der Waals surface area (Å²) in [6, 6.07) is 7.15. The fraction of sp³-hybridized carbons (Fsp3) is 0. The van der Waals surface area contributed by atoms with Gasteiger partial charge in [-0.3, -0.25) is 4.79 Å². The Hall–Kier alpha value is -1.45. The molecule has 2 rings (SSSR count). The molecule has 0 unspecified atom stereocenters. The molecule has 0 atom stereocenters. The molecule has 0 aliphatic carbocycles. The summed E-state index contributed by atoms with van der Waals surface area (Å²) in [5.74, 6) is -2.09. The maximum atomic E-state index is 13.5. The Morgan fingerprint density at radius 1 is 0.944 bits per heavy atom. The van der Waals surface area contributed by atoms with Gasteiger partial charge in [-0.15, -0.1) is 0 Å². The van der Waals surface area contributed by atoms with Crippen molar-refractivity contribution in [3.8, 4) is 0 Å². The van der Waals surface area contributed by atoms with Crippen molar-refractivity contribution in [2.24, 2.45) is 0 Å². The van der Waals surface area contributed by atoms with Gasteiger partial charge in [-0.2, -0.15) is 0 Å². The van der Waals surface area contributed by atoms with Crippen LogP contribution in [0.5, 0.6) is 0 Å². The zero-order valence-electron chi connectivity index (χ0n) is 8.88. The van der Waals surface area contributed by atoms with Gasteiger partial charge >= 0.3 is 0 Å². The maximum Gasteiger partial charge on any atom is 0.196 e. The zero-order valence-corrected chi connectivity index (χ0v) is 10.4. The quantitative estimate of drug-likeness (QED) is 0.743. The van der Waals surface area contributed by atoms with E-state index in [2.05, 4.69) is 0 Å². The number of ketones is 1. The summed E-state index contributed by atoms with van der Waals surface area (Å²) in [6.07, 6.45) is 0. The molecule has 0 aliphatic rings. The number of carbonyl (C=O) groups excluding carboxylic acids is 1. The zero-order chi connectivity index (χ0) is 13.3. The lowest BCUT2D eigenvalue weighted by Crippen LogP contribution is -2.04. The molecule has 18 heavy (non-hydrogen) atoms. The van der Waals surface area contributed by atoms with E-state index < -0.39 is 17.4 Å². The molecule has 0 saturated heterocycles. The Bertz CT molecular complexity index is 626. The van der Waals surface area contributed by atoms with Crippen molar-refractivity contribution in [2.45, 2.75) is 0 Å². The second-order valence-corrected chi connectivity index (χ2v) is 4.43. The Morgan fingerprint density at radius 3 is 2.33 bits per heavy atom. The van der Waals surface area contributed by atoms with Crippen LogP contribution in [-0.4, -0.2) is 5.78 Å². The fourth-order valence-corrected chi connectivity index (χ4v) is 1.75. The largest absolute Gasteiger partial charge is 0.288 e. The highest BCUT2D eigenvalue weighted by atomic mass is 35.5. The van der Waals surface area contributed by atoms with Crippen LogP contribution in [-0.2, 0) is 0 Å². The number of halogens is 4. The minimum atomic E-state index is -0.732. The van der Waals surface area contributed by atoms with E-state index in [1.165, 1.54) is 24.3 Å². The second kappa shape index (κ2) is 5.04. The van der Waals surface area contributed by atoms with Gasteiger partial charge in [0, 0.05) is 10.6 Å². The second-order valence-electron chi connectivity index (χ2n) is 3.58. The van der Waals surface area contributed by atoms with E-state index in [1.807, 2.05) is 0 Å². The summed E-state index contributed by atoms with van der Waals surface area (Å²) < 4.78 is 26.7. The molecule has 5 heteroatoms. The van der Waals surface area contributed by atoms with Gasteiger partial charge in [0.2, 0.25) is 0 Å². The summed E-state index contributed by atoms with van der Waals surface area (Å²) in [4.78, 5) is 12.0. The van der Waals surface area contributed by atoms with Crippen molar-refractivity contribution in [3.63, 3.8) is 0 Å². The topological polar surface area (TPSA) is 17.1 Å². The van der Waals surface area contributed by atoms with Crippen molar-refractivity contribution < 1.29 is 13.6 Å². The van der Waals surface area contributed by atoms with Gasteiger partial charge in [-0.05, 0) is 36.4 Å². The fourth-order valence-electron chi connectivity index (χ4n) is 1.46. The summed E-state index contributed by atoms with van der Waals surface area (Å²) in [5.41, 5.74) is -0.192. The van der Waals surface area contributed by atoms with Crippen LogP contribution in [0.15, 0.2) is 36.4 Å². The monoisotopic (exact) mass is 286 g/mol. The Morgan fingerprint density at radius 2 is 1.67 bits per heavy atom. The Labute approximate surface area is 112 Å². The Kier molecular flexibility index (Phi) is 3.64. The van der Waals surface area contributed by atoms with Gasteiger partial charge < -0.3 is 0 Å². The van der Waals surface area contributed by atoms with Crippen molar-refractivity contribution >= 4 is 29.0 Å². The predicted molar refractivity (Wildman–Crippen MR) is 66.3 cm³/mol. The number of hydrogen-bond acceptors (Lipinski definition) is 1. The van der Waals surface area contributed by atoms with E-state index in [0.29, 0.717) is 0 Å². The molecule has 2 aromatic carbocycles. The molecule has 92 valence electrons. The van der Waals surface area contributed by atoms with E-state index in [1.54, 1.807) is 0 Å². The van der Waals surface area contributed by atoms with Crippen LogP contribution >= 0.6 is 23.2 Å². The van der Waals surface area contributed by atoms with Crippen molar-refractivity contribution in [1.82, 2.24) is 0 Å². The van der Waals surface area contributed by atoms with Gasteiger partial charge in [-0.1, -0.05) is 23.2 Å². The van der Waals surface area contributed by atoms with Crippen LogP contribution in [0.2, 0.25) is 10.0 Å². The maximum absolute atomic E-state index is 13.5. The van der Waals surface area contributed by atoms with Crippen molar-refractivity contribution in [2.75, 3.05) is 0 Å². The molecular weight excluding hydrogens is 281 g/mol. The van der Waals surface area contributed by atoms with Gasteiger partial charge in [0.25, 0.3) is 0 Å². The van der Waals surface area contributed by atoms with E-state index in [-0.39, 0.29) is 21.2 Å². The van der Waals surface area contributed by atoms with Crippen LogP contribution in [0.25, 0.3) is 0 Å². The van der Waals surface area contributed by atoms with Crippen LogP contribution in [0.1, 0.15) is 15.9 Å². The number of benzene rings is 2. The highest BCUT2D eigenvalue weighted by molar-refractivity contribution is 6.31. The first-order valence-electron chi connectivity index (χ1n) is 4.94. The third kappa shape index (κ3) is 2.52. The molecule has 0 N–H and O–H groups in total. The first-order chi connectivity index (χ1) is 8.49. The molecule has 0 saturated carbocycles. The summed E-state index contributed by atoms with van der Waals surface area (Å²) >= 11 is 11.2. The third-order valence-corrected chi connectivity index (χ3v) is 2.90.